The summed E-state index contributed by atoms with van der Waals surface area (Å²) >= 11 is 5.67. The van der Waals surface area contributed by atoms with Crippen molar-refractivity contribution in [3.8, 4) is 5.75 Å². The van der Waals surface area contributed by atoms with Crippen molar-refractivity contribution < 1.29 is 4.74 Å². The molecule has 5 heteroatoms. The highest BCUT2D eigenvalue weighted by atomic mass is 35.5. The van der Waals surface area contributed by atoms with Crippen LogP contribution in [0, 0.1) is 0 Å². The fourth-order valence-corrected chi connectivity index (χ4v) is 1.45. The minimum atomic E-state index is 0.258. The van der Waals surface area contributed by atoms with Crippen molar-refractivity contribution in [3.05, 3.63) is 23.6 Å². The Labute approximate surface area is 85.5 Å². The summed E-state index contributed by atoms with van der Waals surface area (Å²) in [5, 5.41) is 4.25. The maximum absolute atomic E-state index is 5.67. The molecule has 1 aliphatic rings. The van der Waals surface area contributed by atoms with E-state index >= 15 is 0 Å². The first-order valence-electron chi connectivity index (χ1n) is 4.50. The number of hydrogen-bond acceptors (Lipinski definition) is 3. The highest BCUT2D eigenvalue weighted by molar-refractivity contribution is 6.28. The Balaban J connectivity index is 2.00. The van der Waals surface area contributed by atoms with E-state index < -0.39 is 0 Å². The van der Waals surface area contributed by atoms with E-state index in [-0.39, 0.29) is 5.28 Å². The lowest BCUT2D eigenvalue weighted by molar-refractivity contribution is 0.301. The molecule has 0 N–H and O–H groups in total. The number of nitrogens with zero attached hydrogens (tertiary/aromatic N) is 3. The van der Waals surface area contributed by atoms with E-state index in [0.29, 0.717) is 6.10 Å². The minimum absolute atomic E-state index is 0.258. The van der Waals surface area contributed by atoms with Crippen LogP contribution in [-0.4, -0.2) is 20.7 Å². The fourth-order valence-electron chi connectivity index (χ4n) is 1.29. The summed E-state index contributed by atoms with van der Waals surface area (Å²) in [6, 6.07) is 3.73. The third kappa shape index (κ3) is 1.42. The van der Waals surface area contributed by atoms with Crippen molar-refractivity contribution in [3.63, 3.8) is 0 Å². The maximum Gasteiger partial charge on any atom is 0.243 e. The van der Waals surface area contributed by atoms with E-state index in [0.717, 1.165) is 24.2 Å². The second-order valence-electron chi connectivity index (χ2n) is 3.37. The van der Waals surface area contributed by atoms with Gasteiger partial charge in [-0.05, 0) is 36.6 Å². The van der Waals surface area contributed by atoms with Crippen LogP contribution >= 0.6 is 11.6 Å². The molecule has 3 rings (SSSR count). The predicted molar refractivity (Wildman–Crippen MR) is 51.6 cm³/mol. The van der Waals surface area contributed by atoms with Gasteiger partial charge < -0.3 is 4.74 Å². The van der Waals surface area contributed by atoms with Crippen LogP contribution in [0.5, 0.6) is 5.75 Å². The lowest BCUT2D eigenvalue weighted by Crippen LogP contribution is -1.97. The zero-order chi connectivity index (χ0) is 9.54. The zero-order valence-corrected chi connectivity index (χ0v) is 8.11. The largest absolute Gasteiger partial charge is 0.489 e. The number of rotatable bonds is 2. The number of pyridine rings is 1. The Morgan fingerprint density at radius 3 is 3.07 bits per heavy atom. The Morgan fingerprint density at radius 1 is 1.43 bits per heavy atom. The SMILES string of the molecule is Clc1nc2ccc(OC3CC3)cn2n1. The van der Waals surface area contributed by atoms with Crippen molar-refractivity contribution in [2.24, 2.45) is 0 Å². The number of halogens is 1. The van der Waals surface area contributed by atoms with Gasteiger partial charge in [-0.25, -0.2) is 4.52 Å². The standard InChI is InChI=1S/C9H8ClN3O/c10-9-11-8-4-3-7(5-13(8)12-9)14-6-1-2-6/h3-6H,1-2H2. The number of aromatic nitrogens is 3. The molecule has 0 radical (unpaired) electrons. The van der Waals surface area contributed by atoms with Gasteiger partial charge in [0.25, 0.3) is 0 Å². The van der Waals surface area contributed by atoms with Crippen LogP contribution in [0.15, 0.2) is 18.3 Å². The summed E-state index contributed by atoms with van der Waals surface area (Å²) in [5.74, 6) is 0.821. The second kappa shape index (κ2) is 2.85. The molecular weight excluding hydrogens is 202 g/mol. The van der Waals surface area contributed by atoms with Crippen LogP contribution in [0.1, 0.15) is 12.8 Å². The van der Waals surface area contributed by atoms with Crippen LogP contribution in [0.3, 0.4) is 0 Å². The van der Waals surface area contributed by atoms with Gasteiger partial charge in [0.1, 0.15) is 5.75 Å². The molecule has 4 nitrogen and oxygen atoms in total. The molecule has 0 bridgehead atoms. The molecule has 0 atom stereocenters. The Morgan fingerprint density at radius 2 is 2.29 bits per heavy atom. The third-order valence-corrected chi connectivity index (χ3v) is 2.27. The molecule has 0 aliphatic heterocycles. The zero-order valence-electron chi connectivity index (χ0n) is 7.35. The van der Waals surface area contributed by atoms with Gasteiger partial charge >= 0.3 is 0 Å². The smallest absolute Gasteiger partial charge is 0.243 e. The molecule has 72 valence electrons. The topological polar surface area (TPSA) is 39.4 Å². The fraction of sp³-hybridized carbons (Fsp3) is 0.333. The molecule has 14 heavy (non-hydrogen) atoms. The van der Waals surface area contributed by atoms with E-state index in [1.807, 2.05) is 12.1 Å². The molecule has 0 spiro atoms. The first kappa shape index (κ1) is 8.05. The molecule has 2 heterocycles. The normalized spacial score (nSPS) is 16.1. The van der Waals surface area contributed by atoms with Crippen LogP contribution in [-0.2, 0) is 0 Å². The maximum atomic E-state index is 5.67. The Bertz CT molecular complexity index is 478. The number of ether oxygens (including phenoxy) is 1. The van der Waals surface area contributed by atoms with Crippen molar-refractivity contribution in [1.29, 1.82) is 0 Å². The lowest BCUT2D eigenvalue weighted by atomic mass is 10.4. The van der Waals surface area contributed by atoms with Crippen molar-refractivity contribution in [2.45, 2.75) is 18.9 Å². The molecule has 0 saturated heterocycles. The average molecular weight is 210 g/mol. The van der Waals surface area contributed by atoms with Gasteiger partial charge in [-0.15, -0.1) is 5.10 Å². The molecule has 0 unspecified atom stereocenters. The Hall–Kier alpha value is -1.29. The summed E-state index contributed by atoms with van der Waals surface area (Å²) in [6.45, 7) is 0. The van der Waals surface area contributed by atoms with Crippen molar-refractivity contribution >= 4 is 17.2 Å². The van der Waals surface area contributed by atoms with Gasteiger partial charge in [-0.2, -0.15) is 4.98 Å². The monoisotopic (exact) mass is 209 g/mol. The molecule has 0 amide bonds. The average Bonchev–Trinajstić information content (AvgIpc) is 2.86. The van der Waals surface area contributed by atoms with Gasteiger partial charge in [-0.3, -0.25) is 0 Å². The second-order valence-corrected chi connectivity index (χ2v) is 3.70. The molecular formula is C9H8ClN3O. The van der Waals surface area contributed by atoms with Crippen LogP contribution in [0.4, 0.5) is 0 Å². The van der Waals surface area contributed by atoms with E-state index in [9.17, 15) is 0 Å². The van der Waals surface area contributed by atoms with Gasteiger partial charge in [0.15, 0.2) is 5.65 Å². The quantitative estimate of drug-likeness (QED) is 0.759. The predicted octanol–water partition coefficient (Wildman–Crippen LogP) is 1.92. The highest BCUT2D eigenvalue weighted by Crippen LogP contribution is 2.26. The van der Waals surface area contributed by atoms with E-state index in [1.54, 1.807) is 10.7 Å². The van der Waals surface area contributed by atoms with E-state index in [4.69, 9.17) is 16.3 Å². The summed E-state index contributed by atoms with van der Waals surface area (Å²) in [5.41, 5.74) is 0.734. The highest BCUT2D eigenvalue weighted by Gasteiger charge is 2.23. The molecule has 0 aromatic carbocycles. The lowest BCUT2D eigenvalue weighted by Gasteiger charge is -2.02. The molecule has 1 aliphatic carbocycles. The number of hydrogen-bond donors (Lipinski definition) is 0. The van der Waals surface area contributed by atoms with Gasteiger partial charge in [0, 0.05) is 0 Å². The van der Waals surface area contributed by atoms with Gasteiger partial charge in [-0.1, -0.05) is 0 Å². The van der Waals surface area contributed by atoms with Crippen molar-refractivity contribution in [1.82, 2.24) is 14.6 Å². The van der Waals surface area contributed by atoms with E-state index in [2.05, 4.69) is 10.1 Å². The van der Waals surface area contributed by atoms with Crippen molar-refractivity contribution in [2.75, 3.05) is 0 Å². The third-order valence-electron chi connectivity index (χ3n) is 2.11. The molecule has 1 saturated carbocycles. The molecule has 2 aromatic rings. The summed E-state index contributed by atoms with van der Waals surface area (Å²) in [4.78, 5) is 4.01. The first-order valence-corrected chi connectivity index (χ1v) is 4.88. The first-order chi connectivity index (χ1) is 6.81. The van der Waals surface area contributed by atoms with Crippen LogP contribution in [0.25, 0.3) is 5.65 Å². The van der Waals surface area contributed by atoms with Crippen LogP contribution < -0.4 is 4.74 Å². The summed E-state index contributed by atoms with van der Waals surface area (Å²) < 4.78 is 7.24. The minimum Gasteiger partial charge on any atom is -0.489 e. The van der Waals surface area contributed by atoms with E-state index in [1.165, 1.54) is 0 Å². The number of fused-ring (bicyclic) bond motifs is 1. The van der Waals surface area contributed by atoms with Gasteiger partial charge in [0.2, 0.25) is 5.28 Å². The molecule has 2 aromatic heterocycles. The van der Waals surface area contributed by atoms with Gasteiger partial charge in [0.05, 0.1) is 12.3 Å². The summed E-state index contributed by atoms with van der Waals surface area (Å²) in [6.07, 6.45) is 4.49. The van der Waals surface area contributed by atoms with Crippen LogP contribution in [0.2, 0.25) is 5.28 Å². The Kier molecular flexibility index (Phi) is 1.64. The summed E-state index contributed by atoms with van der Waals surface area (Å²) in [7, 11) is 0. The molecule has 1 fully saturated rings.